The van der Waals surface area contributed by atoms with Crippen LogP contribution in [0.5, 0.6) is 0 Å². The Labute approximate surface area is 117 Å². The second kappa shape index (κ2) is 6.76. The molecule has 106 valence electrons. The van der Waals surface area contributed by atoms with Crippen LogP contribution in [-0.4, -0.2) is 24.0 Å². The van der Waals surface area contributed by atoms with Crippen molar-refractivity contribution in [1.29, 1.82) is 0 Å². The molecule has 1 saturated carbocycles. The van der Waals surface area contributed by atoms with Gasteiger partial charge in [0.25, 0.3) is 0 Å². The van der Waals surface area contributed by atoms with Crippen LogP contribution in [0, 0.1) is 5.92 Å². The fourth-order valence-corrected chi connectivity index (χ4v) is 3.07. The molecule has 3 nitrogen and oxygen atoms in total. The van der Waals surface area contributed by atoms with Gasteiger partial charge in [0.1, 0.15) is 0 Å². The Morgan fingerprint density at radius 1 is 1.33 bits per heavy atom. The molecule has 2 aliphatic rings. The zero-order chi connectivity index (χ0) is 12.3. The molecule has 2 rings (SSSR count). The van der Waals surface area contributed by atoms with E-state index < -0.39 is 0 Å². The fraction of sp³-hybridized carbons (Fsp3) is 0.929. The van der Waals surface area contributed by atoms with Crippen molar-refractivity contribution in [2.45, 2.75) is 70.4 Å². The van der Waals surface area contributed by atoms with Gasteiger partial charge in [0.2, 0.25) is 5.91 Å². The molecule has 0 bridgehead atoms. The molecule has 0 aromatic rings. The van der Waals surface area contributed by atoms with Crippen LogP contribution < -0.4 is 10.6 Å². The predicted octanol–water partition coefficient (Wildman–Crippen LogP) is 2.64. The van der Waals surface area contributed by atoms with Gasteiger partial charge in [-0.3, -0.25) is 4.79 Å². The van der Waals surface area contributed by atoms with E-state index in [0.29, 0.717) is 12.5 Å². The molecule has 0 radical (unpaired) electrons. The third-order valence-electron chi connectivity index (χ3n) is 4.41. The number of halogens is 1. The summed E-state index contributed by atoms with van der Waals surface area (Å²) in [5.41, 5.74) is 0.0577. The van der Waals surface area contributed by atoms with Crippen molar-refractivity contribution >= 4 is 18.3 Å². The quantitative estimate of drug-likeness (QED) is 0.831. The Morgan fingerprint density at radius 2 is 2.00 bits per heavy atom. The van der Waals surface area contributed by atoms with Gasteiger partial charge in [-0.05, 0) is 57.9 Å². The number of rotatable bonds is 3. The zero-order valence-electron chi connectivity index (χ0n) is 11.6. The molecular weight excluding hydrogens is 248 g/mol. The number of carbonyl (C=O) groups excluding carboxylic acids is 1. The standard InChI is InChI=1S/C14H26N2O.ClH/c1-11-5-7-14(2,8-6-11)16-13(17)10-12-4-3-9-15-12;/h11-12,15H,3-10H2,1-2H3,(H,16,17);1H. The van der Waals surface area contributed by atoms with Gasteiger partial charge in [0, 0.05) is 18.0 Å². The summed E-state index contributed by atoms with van der Waals surface area (Å²) in [5.74, 6) is 1.07. The van der Waals surface area contributed by atoms with Crippen LogP contribution in [0.2, 0.25) is 0 Å². The number of carbonyl (C=O) groups is 1. The topological polar surface area (TPSA) is 41.1 Å². The first kappa shape index (κ1) is 15.8. The minimum atomic E-state index is 0. The Morgan fingerprint density at radius 3 is 2.56 bits per heavy atom. The van der Waals surface area contributed by atoms with E-state index in [4.69, 9.17) is 0 Å². The Hall–Kier alpha value is -0.280. The highest BCUT2D eigenvalue weighted by atomic mass is 35.5. The summed E-state index contributed by atoms with van der Waals surface area (Å²) in [6, 6.07) is 0.418. The molecule has 0 aromatic carbocycles. The molecule has 1 amide bonds. The lowest BCUT2D eigenvalue weighted by Gasteiger charge is -2.37. The third-order valence-corrected chi connectivity index (χ3v) is 4.41. The van der Waals surface area contributed by atoms with Crippen molar-refractivity contribution in [2.75, 3.05) is 6.54 Å². The van der Waals surface area contributed by atoms with Gasteiger partial charge in [-0.25, -0.2) is 0 Å². The maximum atomic E-state index is 12.0. The molecule has 18 heavy (non-hydrogen) atoms. The van der Waals surface area contributed by atoms with Crippen LogP contribution in [0.25, 0.3) is 0 Å². The van der Waals surface area contributed by atoms with Crippen LogP contribution in [0.4, 0.5) is 0 Å². The maximum absolute atomic E-state index is 12.0. The van der Waals surface area contributed by atoms with Crippen LogP contribution in [0.1, 0.15) is 58.8 Å². The second-order valence-corrected chi connectivity index (χ2v) is 6.29. The largest absolute Gasteiger partial charge is 0.351 e. The lowest BCUT2D eigenvalue weighted by atomic mass is 9.78. The lowest BCUT2D eigenvalue weighted by Crippen LogP contribution is -2.49. The van der Waals surface area contributed by atoms with E-state index in [1.54, 1.807) is 0 Å². The summed E-state index contributed by atoms with van der Waals surface area (Å²) in [6.45, 7) is 5.59. The normalized spacial score (nSPS) is 35.9. The maximum Gasteiger partial charge on any atom is 0.221 e. The highest BCUT2D eigenvalue weighted by molar-refractivity contribution is 5.85. The van der Waals surface area contributed by atoms with Crippen LogP contribution in [0.15, 0.2) is 0 Å². The molecule has 1 aliphatic heterocycles. The molecule has 1 heterocycles. The molecule has 1 saturated heterocycles. The molecule has 4 heteroatoms. The van der Waals surface area contributed by atoms with Crippen molar-refractivity contribution in [2.24, 2.45) is 5.92 Å². The monoisotopic (exact) mass is 274 g/mol. The number of amides is 1. The molecule has 2 fully saturated rings. The highest BCUT2D eigenvalue weighted by Crippen LogP contribution is 2.31. The van der Waals surface area contributed by atoms with Crippen molar-refractivity contribution in [1.82, 2.24) is 10.6 Å². The average molecular weight is 275 g/mol. The predicted molar refractivity (Wildman–Crippen MR) is 77.1 cm³/mol. The van der Waals surface area contributed by atoms with Gasteiger partial charge in [-0.15, -0.1) is 12.4 Å². The molecular formula is C14H27ClN2O. The molecule has 0 spiro atoms. The molecule has 0 aromatic heterocycles. The average Bonchev–Trinajstić information content (AvgIpc) is 2.75. The molecule has 2 N–H and O–H groups in total. The van der Waals surface area contributed by atoms with E-state index in [1.165, 1.54) is 19.3 Å². The number of hydrogen-bond acceptors (Lipinski definition) is 2. The summed E-state index contributed by atoms with van der Waals surface area (Å²) in [5, 5.41) is 6.65. The minimum absolute atomic E-state index is 0. The minimum Gasteiger partial charge on any atom is -0.351 e. The van der Waals surface area contributed by atoms with Crippen LogP contribution >= 0.6 is 12.4 Å². The summed E-state index contributed by atoms with van der Waals surface area (Å²) < 4.78 is 0. The van der Waals surface area contributed by atoms with Crippen molar-refractivity contribution in [3.8, 4) is 0 Å². The van der Waals surface area contributed by atoms with Gasteiger partial charge in [-0.2, -0.15) is 0 Å². The van der Waals surface area contributed by atoms with Crippen molar-refractivity contribution < 1.29 is 4.79 Å². The molecule has 1 unspecified atom stereocenters. The van der Waals surface area contributed by atoms with Gasteiger partial charge in [0.05, 0.1) is 0 Å². The van der Waals surface area contributed by atoms with Crippen LogP contribution in [-0.2, 0) is 4.79 Å². The highest BCUT2D eigenvalue weighted by Gasteiger charge is 2.31. The van der Waals surface area contributed by atoms with E-state index in [1.807, 2.05) is 0 Å². The summed E-state index contributed by atoms with van der Waals surface area (Å²) in [6.07, 6.45) is 7.80. The molecule has 1 atom stereocenters. The first-order chi connectivity index (χ1) is 8.07. The van der Waals surface area contributed by atoms with Gasteiger partial charge in [0.15, 0.2) is 0 Å². The van der Waals surface area contributed by atoms with E-state index in [-0.39, 0.29) is 23.9 Å². The number of hydrogen-bond donors (Lipinski definition) is 2. The van der Waals surface area contributed by atoms with Crippen LogP contribution in [0.3, 0.4) is 0 Å². The first-order valence-corrected chi connectivity index (χ1v) is 7.12. The zero-order valence-corrected chi connectivity index (χ0v) is 12.4. The Bertz CT molecular complexity index is 269. The third kappa shape index (κ3) is 4.43. The fourth-order valence-electron chi connectivity index (χ4n) is 3.07. The summed E-state index contributed by atoms with van der Waals surface area (Å²) >= 11 is 0. The summed E-state index contributed by atoms with van der Waals surface area (Å²) in [7, 11) is 0. The van der Waals surface area contributed by atoms with Crippen molar-refractivity contribution in [3.05, 3.63) is 0 Å². The first-order valence-electron chi connectivity index (χ1n) is 7.12. The lowest BCUT2D eigenvalue weighted by molar-refractivity contribution is -0.123. The SMILES string of the molecule is CC1CCC(C)(NC(=O)CC2CCCN2)CC1.Cl. The van der Waals surface area contributed by atoms with E-state index >= 15 is 0 Å². The van der Waals surface area contributed by atoms with E-state index in [9.17, 15) is 4.79 Å². The Balaban J connectivity index is 0.00000162. The van der Waals surface area contributed by atoms with Gasteiger partial charge < -0.3 is 10.6 Å². The van der Waals surface area contributed by atoms with E-state index in [0.717, 1.165) is 31.7 Å². The summed E-state index contributed by atoms with van der Waals surface area (Å²) in [4.78, 5) is 12.0. The van der Waals surface area contributed by atoms with Crippen molar-refractivity contribution in [3.63, 3.8) is 0 Å². The van der Waals surface area contributed by atoms with E-state index in [2.05, 4.69) is 24.5 Å². The second-order valence-electron chi connectivity index (χ2n) is 6.29. The number of nitrogens with one attached hydrogen (secondary N) is 2. The smallest absolute Gasteiger partial charge is 0.221 e. The Kier molecular flexibility index (Phi) is 5.93. The van der Waals surface area contributed by atoms with Gasteiger partial charge in [-0.1, -0.05) is 6.92 Å². The molecule has 1 aliphatic carbocycles. The van der Waals surface area contributed by atoms with Gasteiger partial charge >= 0.3 is 0 Å².